The second kappa shape index (κ2) is 8.12. The van der Waals surface area contributed by atoms with Crippen LogP contribution in [0.15, 0.2) is 21.3 Å². The average Bonchev–Trinajstić information content (AvgIpc) is 2.81. The summed E-state index contributed by atoms with van der Waals surface area (Å²) >= 11 is 4.91. The normalized spacial score (nSPS) is 10.7. The van der Waals surface area contributed by atoms with Crippen molar-refractivity contribution in [2.45, 2.75) is 13.8 Å². The molecule has 0 aromatic carbocycles. The highest BCUT2D eigenvalue weighted by atomic mass is 79.9. The fourth-order valence-corrected chi connectivity index (χ4v) is 2.64. The molecule has 0 aliphatic carbocycles. The van der Waals surface area contributed by atoms with Crippen LogP contribution in [0.1, 0.15) is 19.4 Å². The first-order valence-corrected chi connectivity index (χ1v) is 7.71. The number of nitrogens with one attached hydrogen (secondary N) is 1. The molecule has 1 heterocycles. The Kier molecular flexibility index (Phi) is 6.80. The minimum absolute atomic E-state index is 0.0399. The van der Waals surface area contributed by atoms with Crippen LogP contribution < -0.4 is 5.32 Å². The number of rotatable bonds is 6. The lowest BCUT2D eigenvalue weighted by atomic mass is 10.3. The molecule has 1 aromatic rings. The summed E-state index contributed by atoms with van der Waals surface area (Å²) in [5.74, 6) is -0.326. The molecule has 0 saturated carbocycles. The van der Waals surface area contributed by atoms with E-state index in [1.807, 2.05) is 25.3 Å². The Balaban J connectivity index is 2.39. The molecule has 4 nitrogen and oxygen atoms in total. The van der Waals surface area contributed by atoms with Crippen LogP contribution in [-0.4, -0.2) is 36.3 Å². The Labute approximate surface area is 125 Å². The van der Waals surface area contributed by atoms with E-state index in [4.69, 9.17) is 0 Å². The Bertz CT molecular complexity index is 467. The lowest BCUT2D eigenvalue weighted by molar-refractivity contribution is -0.131. The van der Waals surface area contributed by atoms with E-state index in [1.54, 1.807) is 22.3 Å². The van der Waals surface area contributed by atoms with Crippen LogP contribution in [0, 0.1) is 0 Å². The molecule has 6 heteroatoms. The van der Waals surface area contributed by atoms with Gasteiger partial charge in [-0.15, -0.1) is 11.3 Å². The lowest BCUT2D eigenvalue weighted by Gasteiger charge is -2.18. The fraction of sp³-hybridized carbons (Fsp3) is 0.385. The number of likely N-dealkylation sites (N-methyl/N-ethyl adjacent to an activating group) is 1. The van der Waals surface area contributed by atoms with Crippen LogP contribution in [0.2, 0.25) is 0 Å². The number of hydrogen-bond acceptors (Lipinski definition) is 3. The smallest absolute Gasteiger partial charge is 0.244 e. The summed E-state index contributed by atoms with van der Waals surface area (Å²) in [4.78, 5) is 24.9. The van der Waals surface area contributed by atoms with Crippen LogP contribution in [0.4, 0.5) is 0 Å². The molecule has 0 saturated heterocycles. The molecule has 1 aromatic heterocycles. The lowest BCUT2D eigenvalue weighted by Crippen LogP contribution is -2.39. The number of carbonyl (C=O) groups excluding carboxylic acids is 2. The maximum absolute atomic E-state index is 11.7. The van der Waals surface area contributed by atoms with Crippen molar-refractivity contribution in [3.8, 4) is 0 Å². The molecule has 2 amide bonds. The molecule has 0 radical (unpaired) electrons. The van der Waals surface area contributed by atoms with Gasteiger partial charge < -0.3 is 10.2 Å². The summed E-state index contributed by atoms with van der Waals surface area (Å²) in [6.07, 6.45) is 3.16. The van der Waals surface area contributed by atoms with Crippen molar-refractivity contribution >= 4 is 45.2 Å². The molecule has 1 rings (SSSR count). The van der Waals surface area contributed by atoms with Gasteiger partial charge in [-0.05, 0) is 52.9 Å². The second-order valence-corrected chi connectivity index (χ2v) is 6.09. The third kappa shape index (κ3) is 5.57. The van der Waals surface area contributed by atoms with E-state index >= 15 is 0 Å². The summed E-state index contributed by atoms with van der Waals surface area (Å²) in [6, 6.07) is 1.93. The Morgan fingerprint density at radius 3 is 2.63 bits per heavy atom. The van der Waals surface area contributed by atoms with Gasteiger partial charge in [0.1, 0.15) is 0 Å². The Morgan fingerprint density at radius 1 is 1.42 bits per heavy atom. The standard InChI is InChI=1S/C13H17BrN2O2S/c1-3-16(4-2)13(18)8-15-12(17)6-5-10-7-11(14)19-9-10/h5-7,9H,3-4,8H2,1-2H3,(H,15,17)/b6-5-. The van der Waals surface area contributed by atoms with Gasteiger partial charge in [0.2, 0.25) is 11.8 Å². The topological polar surface area (TPSA) is 49.4 Å². The van der Waals surface area contributed by atoms with Crippen molar-refractivity contribution in [2.24, 2.45) is 0 Å². The maximum Gasteiger partial charge on any atom is 0.244 e. The quantitative estimate of drug-likeness (QED) is 0.806. The van der Waals surface area contributed by atoms with Crippen molar-refractivity contribution in [3.05, 3.63) is 26.9 Å². The van der Waals surface area contributed by atoms with Crippen LogP contribution in [-0.2, 0) is 9.59 Å². The van der Waals surface area contributed by atoms with E-state index in [9.17, 15) is 9.59 Å². The maximum atomic E-state index is 11.7. The predicted molar refractivity (Wildman–Crippen MR) is 82.0 cm³/mol. The van der Waals surface area contributed by atoms with Crippen molar-refractivity contribution < 1.29 is 9.59 Å². The molecule has 0 aliphatic heterocycles. The van der Waals surface area contributed by atoms with Gasteiger partial charge in [0.05, 0.1) is 10.3 Å². The number of thiophene rings is 1. The van der Waals surface area contributed by atoms with Crippen LogP contribution in [0.25, 0.3) is 6.08 Å². The van der Waals surface area contributed by atoms with Gasteiger partial charge in [-0.3, -0.25) is 9.59 Å². The van der Waals surface area contributed by atoms with E-state index < -0.39 is 0 Å². The summed E-state index contributed by atoms with van der Waals surface area (Å²) in [6.45, 7) is 5.18. The van der Waals surface area contributed by atoms with Crippen molar-refractivity contribution in [2.75, 3.05) is 19.6 Å². The monoisotopic (exact) mass is 344 g/mol. The van der Waals surface area contributed by atoms with Gasteiger partial charge in [-0.25, -0.2) is 0 Å². The Hall–Kier alpha value is -1.14. The fourth-order valence-electron chi connectivity index (χ4n) is 1.49. The van der Waals surface area contributed by atoms with Gasteiger partial charge >= 0.3 is 0 Å². The van der Waals surface area contributed by atoms with Crippen LogP contribution in [0.3, 0.4) is 0 Å². The second-order valence-electron chi connectivity index (χ2n) is 3.80. The Morgan fingerprint density at radius 2 is 2.11 bits per heavy atom. The van der Waals surface area contributed by atoms with E-state index in [0.717, 1.165) is 9.35 Å². The number of amides is 2. The molecule has 0 atom stereocenters. The van der Waals surface area contributed by atoms with Gasteiger partial charge in [0.25, 0.3) is 0 Å². The predicted octanol–water partition coefficient (Wildman–Crippen LogP) is 2.51. The first-order chi connectivity index (χ1) is 9.06. The molecule has 19 heavy (non-hydrogen) atoms. The van der Waals surface area contributed by atoms with E-state index in [2.05, 4.69) is 21.2 Å². The zero-order valence-corrected chi connectivity index (χ0v) is 13.4. The molecular formula is C13H17BrN2O2S. The van der Waals surface area contributed by atoms with Gasteiger partial charge in [0.15, 0.2) is 0 Å². The number of nitrogens with zero attached hydrogens (tertiary/aromatic N) is 1. The number of halogens is 1. The molecular weight excluding hydrogens is 328 g/mol. The van der Waals surface area contributed by atoms with Gasteiger partial charge in [-0.1, -0.05) is 0 Å². The van der Waals surface area contributed by atoms with Crippen molar-refractivity contribution in [1.82, 2.24) is 10.2 Å². The molecule has 0 aliphatic rings. The third-order valence-electron chi connectivity index (χ3n) is 2.54. The highest BCUT2D eigenvalue weighted by Gasteiger charge is 2.09. The average molecular weight is 345 g/mol. The molecule has 104 valence electrons. The molecule has 0 unspecified atom stereocenters. The van der Waals surface area contributed by atoms with E-state index in [1.165, 1.54) is 6.08 Å². The zero-order chi connectivity index (χ0) is 14.3. The largest absolute Gasteiger partial charge is 0.343 e. The first kappa shape index (κ1) is 15.9. The van der Waals surface area contributed by atoms with Crippen molar-refractivity contribution in [3.63, 3.8) is 0 Å². The SMILES string of the molecule is CCN(CC)C(=O)CNC(=O)/C=C\c1csc(Br)c1. The van der Waals surface area contributed by atoms with Crippen LogP contribution >= 0.6 is 27.3 Å². The molecule has 0 spiro atoms. The minimum Gasteiger partial charge on any atom is -0.343 e. The number of carbonyl (C=O) groups is 2. The molecule has 1 N–H and O–H groups in total. The number of hydrogen-bond donors (Lipinski definition) is 1. The minimum atomic E-state index is -0.261. The van der Waals surface area contributed by atoms with Gasteiger partial charge in [0, 0.05) is 19.2 Å². The van der Waals surface area contributed by atoms with Crippen LogP contribution in [0.5, 0.6) is 0 Å². The summed E-state index contributed by atoms with van der Waals surface area (Å²) in [5.41, 5.74) is 0.960. The summed E-state index contributed by atoms with van der Waals surface area (Å²) < 4.78 is 1.02. The summed E-state index contributed by atoms with van der Waals surface area (Å²) in [5, 5.41) is 4.52. The highest BCUT2D eigenvalue weighted by molar-refractivity contribution is 9.11. The van der Waals surface area contributed by atoms with E-state index in [-0.39, 0.29) is 18.4 Å². The highest BCUT2D eigenvalue weighted by Crippen LogP contribution is 2.21. The van der Waals surface area contributed by atoms with E-state index in [0.29, 0.717) is 13.1 Å². The molecule has 0 bridgehead atoms. The van der Waals surface area contributed by atoms with Crippen molar-refractivity contribution in [1.29, 1.82) is 0 Å². The first-order valence-electron chi connectivity index (χ1n) is 6.04. The van der Waals surface area contributed by atoms with Gasteiger partial charge in [-0.2, -0.15) is 0 Å². The zero-order valence-electron chi connectivity index (χ0n) is 11.0. The molecule has 0 fully saturated rings. The summed E-state index contributed by atoms with van der Waals surface area (Å²) in [7, 11) is 0. The third-order valence-corrected chi connectivity index (χ3v) is 4.07.